The van der Waals surface area contributed by atoms with E-state index in [0.29, 0.717) is 22.9 Å². The number of rotatable bonds is 13. The van der Waals surface area contributed by atoms with Crippen molar-refractivity contribution in [3.05, 3.63) is 54.3 Å². The number of thioether (sulfide) groups is 1. The Hall–Kier alpha value is -2.98. The molecule has 1 aliphatic carbocycles. The number of carboxylic acids is 1. The summed E-state index contributed by atoms with van der Waals surface area (Å²) in [4.78, 5) is 26.6. The number of primary amides is 1. The Morgan fingerprint density at radius 3 is 2.23 bits per heavy atom. The molecule has 0 radical (unpaired) electrons. The molecule has 0 atom stereocenters. The number of sulfone groups is 1. The van der Waals surface area contributed by atoms with Crippen molar-refractivity contribution in [2.24, 2.45) is 11.1 Å². The third-order valence-electron chi connectivity index (χ3n) is 9.05. The largest absolute Gasteiger partial charge is 0.478 e. The number of nitrogens with zero attached hydrogens (tertiary/aromatic N) is 1. The van der Waals surface area contributed by atoms with Crippen LogP contribution in [0.5, 0.6) is 5.75 Å². The Balaban J connectivity index is 1.89. The fraction of sp³-hybridized carbons (Fsp3) is 0.515. The molecular formula is C33H44N2O6S2. The predicted octanol–water partition coefficient (Wildman–Crippen LogP) is 6.97. The first kappa shape index (κ1) is 32.9. The van der Waals surface area contributed by atoms with Crippen molar-refractivity contribution < 1.29 is 27.9 Å². The molecule has 10 heteroatoms. The van der Waals surface area contributed by atoms with E-state index >= 15 is 0 Å². The lowest BCUT2D eigenvalue weighted by Gasteiger charge is -2.37. The predicted molar refractivity (Wildman–Crippen MR) is 172 cm³/mol. The second kappa shape index (κ2) is 13.8. The van der Waals surface area contributed by atoms with Crippen molar-refractivity contribution in [2.75, 3.05) is 23.5 Å². The second-order valence-electron chi connectivity index (χ2n) is 12.0. The first-order valence-corrected chi connectivity index (χ1v) is 18.1. The van der Waals surface area contributed by atoms with Gasteiger partial charge in [-0.25, -0.2) is 13.2 Å². The number of carboxylic acid groups (broad SMARTS) is 1. The summed E-state index contributed by atoms with van der Waals surface area (Å²) in [7, 11) is -3.75. The summed E-state index contributed by atoms with van der Waals surface area (Å²) in [6, 6.07) is 11.3. The van der Waals surface area contributed by atoms with E-state index in [-0.39, 0.29) is 16.6 Å². The molecule has 0 spiro atoms. The average molecular weight is 629 g/mol. The van der Waals surface area contributed by atoms with Gasteiger partial charge >= 0.3 is 5.97 Å². The van der Waals surface area contributed by atoms with Gasteiger partial charge in [0.15, 0.2) is 9.84 Å². The minimum absolute atomic E-state index is 0.0232. The van der Waals surface area contributed by atoms with E-state index in [1.807, 2.05) is 36.6 Å². The van der Waals surface area contributed by atoms with Crippen molar-refractivity contribution in [1.82, 2.24) is 0 Å². The van der Waals surface area contributed by atoms with Crippen LogP contribution < -0.4 is 15.4 Å². The molecule has 0 bridgehead atoms. The summed E-state index contributed by atoms with van der Waals surface area (Å²) in [6.45, 7) is 4.79. The SMILES string of the molecule is CCCCC1(CCCC)CN(c2ccc(C3(C(N)=O)CCCC3)cc2)c2cc(SC)c(O/C=C/C(=O)O)cc2S(=O)(=O)C1. The topological polar surface area (TPSA) is 127 Å². The number of carbonyl (C=O) groups is 2. The lowest BCUT2D eigenvalue weighted by Crippen LogP contribution is -2.39. The molecule has 2 aromatic rings. The molecule has 2 aromatic carbocycles. The molecule has 1 heterocycles. The van der Waals surface area contributed by atoms with E-state index in [1.54, 1.807) is 6.07 Å². The first-order chi connectivity index (χ1) is 20.5. The minimum Gasteiger partial charge on any atom is -0.478 e. The van der Waals surface area contributed by atoms with Crippen LogP contribution in [0.3, 0.4) is 0 Å². The lowest BCUT2D eigenvalue weighted by molar-refractivity contribution is -0.131. The number of fused-ring (bicyclic) bond motifs is 1. The van der Waals surface area contributed by atoms with Gasteiger partial charge in [0.2, 0.25) is 5.91 Å². The summed E-state index contributed by atoms with van der Waals surface area (Å²) >= 11 is 1.40. The molecule has 8 nitrogen and oxygen atoms in total. The number of anilines is 2. The minimum atomic E-state index is -3.75. The van der Waals surface area contributed by atoms with Crippen LogP contribution in [0.2, 0.25) is 0 Å². The van der Waals surface area contributed by atoms with Gasteiger partial charge in [0.05, 0.1) is 39.0 Å². The van der Waals surface area contributed by atoms with E-state index in [0.717, 1.165) is 87.8 Å². The van der Waals surface area contributed by atoms with Gasteiger partial charge in [-0.3, -0.25) is 4.79 Å². The number of hydrogen-bond acceptors (Lipinski definition) is 7. The van der Waals surface area contributed by atoms with Crippen LogP contribution in [-0.4, -0.2) is 44.0 Å². The number of unbranched alkanes of at least 4 members (excludes halogenated alkanes) is 2. The van der Waals surface area contributed by atoms with Gasteiger partial charge in [-0.2, -0.15) is 0 Å². The second-order valence-corrected chi connectivity index (χ2v) is 14.8. The fourth-order valence-corrected chi connectivity index (χ4v) is 9.39. The van der Waals surface area contributed by atoms with Crippen molar-refractivity contribution in [3.8, 4) is 5.75 Å². The molecule has 1 amide bonds. The maximum absolute atomic E-state index is 14.2. The zero-order valence-corrected chi connectivity index (χ0v) is 27.1. The molecule has 2 aliphatic rings. The van der Waals surface area contributed by atoms with Gasteiger partial charge in [0, 0.05) is 23.7 Å². The van der Waals surface area contributed by atoms with Gasteiger partial charge in [-0.15, -0.1) is 11.8 Å². The molecule has 3 N–H and O–H groups in total. The smallest absolute Gasteiger partial charge is 0.331 e. The third-order valence-corrected chi connectivity index (χ3v) is 11.8. The summed E-state index contributed by atoms with van der Waals surface area (Å²) in [6.07, 6.45) is 12.6. The molecular weight excluding hydrogens is 585 g/mol. The van der Waals surface area contributed by atoms with Crippen LogP contribution in [-0.2, 0) is 24.8 Å². The van der Waals surface area contributed by atoms with Gasteiger partial charge in [-0.1, -0.05) is 64.5 Å². The van der Waals surface area contributed by atoms with Crippen molar-refractivity contribution in [2.45, 2.75) is 93.3 Å². The molecule has 0 aromatic heterocycles. The maximum Gasteiger partial charge on any atom is 0.331 e. The number of hydrogen-bond donors (Lipinski definition) is 2. The monoisotopic (exact) mass is 628 g/mol. The highest BCUT2D eigenvalue weighted by molar-refractivity contribution is 7.98. The van der Waals surface area contributed by atoms with Crippen LogP contribution in [0.1, 0.15) is 83.6 Å². The van der Waals surface area contributed by atoms with Crippen molar-refractivity contribution in [3.63, 3.8) is 0 Å². The summed E-state index contributed by atoms with van der Waals surface area (Å²) in [5.41, 5.74) is 7.13. The summed E-state index contributed by atoms with van der Waals surface area (Å²) in [5, 5.41) is 9.03. The highest BCUT2D eigenvalue weighted by Gasteiger charge is 2.44. The Morgan fingerprint density at radius 1 is 1.07 bits per heavy atom. The Morgan fingerprint density at radius 2 is 1.70 bits per heavy atom. The number of carbonyl (C=O) groups excluding carboxylic acids is 1. The molecule has 0 saturated heterocycles. The van der Waals surface area contributed by atoms with E-state index < -0.39 is 26.6 Å². The van der Waals surface area contributed by atoms with E-state index in [1.165, 1.54) is 11.8 Å². The maximum atomic E-state index is 14.2. The third kappa shape index (κ3) is 7.06. The number of benzene rings is 2. The number of amides is 1. The quantitative estimate of drug-likeness (QED) is 0.138. The van der Waals surface area contributed by atoms with E-state index in [9.17, 15) is 18.0 Å². The van der Waals surface area contributed by atoms with Crippen molar-refractivity contribution >= 4 is 44.9 Å². The fourth-order valence-electron chi connectivity index (χ4n) is 6.73. The molecule has 1 aliphatic heterocycles. The van der Waals surface area contributed by atoms with Crippen LogP contribution in [0.25, 0.3) is 0 Å². The number of ether oxygens (including phenoxy) is 1. The van der Waals surface area contributed by atoms with Gasteiger partial charge in [0.25, 0.3) is 0 Å². The van der Waals surface area contributed by atoms with Gasteiger partial charge in [0.1, 0.15) is 5.75 Å². The zero-order valence-electron chi connectivity index (χ0n) is 25.4. The number of nitrogens with two attached hydrogens (primary N) is 1. The standard InChI is InChI=1S/C33H44N2O6S2/c1-4-6-15-32(16-7-5-2)22-35(25-12-10-24(11-13-25)33(31(34)38)17-8-9-18-33)26-20-28(42-3)27(41-19-14-30(36)37)21-29(26)43(39,40)23-32/h10-14,19-21H,4-9,15-18,22-23H2,1-3H3,(H2,34,38)(H,36,37)/b19-14+. The van der Waals surface area contributed by atoms with Crippen LogP contribution in [0, 0.1) is 5.41 Å². The highest BCUT2D eigenvalue weighted by atomic mass is 32.2. The Kier molecular flexibility index (Phi) is 10.5. The van der Waals surface area contributed by atoms with E-state index in [4.69, 9.17) is 15.6 Å². The number of aliphatic carboxylic acids is 1. The normalized spacial score (nSPS) is 18.7. The zero-order chi connectivity index (χ0) is 31.3. The van der Waals surface area contributed by atoms with Gasteiger partial charge in [-0.05, 0) is 55.7 Å². The van der Waals surface area contributed by atoms with Crippen LogP contribution in [0.4, 0.5) is 11.4 Å². The molecule has 1 saturated carbocycles. The van der Waals surface area contributed by atoms with Gasteiger partial charge < -0.3 is 20.5 Å². The highest BCUT2D eigenvalue weighted by Crippen LogP contribution is 2.48. The average Bonchev–Trinajstić information content (AvgIpc) is 3.46. The molecule has 0 unspecified atom stereocenters. The molecule has 4 rings (SSSR count). The van der Waals surface area contributed by atoms with E-state index in [2.05, 4.69) is 18.7 Å². The molecule has 234 valence electrons. The summed E-state index contributed by atoms with van der Waals surface area (Å²) in [5.74, 6) is -1.14. The Bertz CT molecular complexity index is 1440. The Labute approximate surface area is 260 Å². The molecule has 43 heavy (non-hydrogen) atoms. The van der Waals surface area contributed by atoms with Crippen LogP contribution >= 0.6 is 11.8 Å². The first-order valence-electron chi connectivity index (χ1n) is 15.2. The lowest BCUT2D eigenvalue weighted by atomic mass is 9.78. The van der Waals surface area contributed by atoms with Crippen LogP contribution in [0.15, 0.2) is 58.5 Å². The van der Waals surface area contributed by atoms with Crippen molar-refractivity contribution in [1.29, 1.82) is 0 Å². The molecule has 1 fully saturated rings. The summed E-state index contributed by atoms with van der Waals surface area (Å²) < 4.78 is 34.1.